The van der Waals surface area contributed by atoms with Crippen LogP contribution in [-0.2, 0) is 14.6 Å². The van der Waals surface area contributed by atoms with Gasteiger partial charge >= 0.3 is 0 Å². The van der Waals surface area contributed by atoms with Crippen molar-refractivity contribution in [1.82, 2.24) is 5.32 Å². The molecule has 0 bridgehead atoms. The van der Waals surface area contributed by atoms with Crippen molar-refractivity contribution in [2.24, 2.45) is 0 Å². The number of rotatable bonds is 9. The number of anilines is 1. The Morgan fingerprint density at radius 2 is 1.81 bits per heavy atom. The molecule has 0 heterocycles. The minimum absolute atomic E-state index is 0.0181. The minimum atomic E-state index is -3.78. The van der Waals surface area contributed by atoms with E-state index in [0.717, 1.165) is 4.90 Å². The van der Waals surface area contributed by atoms with E-state index in [0.29, 0.717) is 24.6 Å². The lowest BCUT2D eigenvalue weighted by Crippen LogP contribution is -2.29. The Bertz CT molecular complexity index is 881. The molecule has 146 valence electrons. The van der Waals surface area contributed by atoms with Crippen molar-refractivity contribution in [2.45, 2.75) is 28.5 Å². The van der Waals surface area contributed by atoms with Gasteiger partial charge in [0.2, 0.25) is 15.7 Å². The molecule has 2 N–H and O–H groups in total. The molecular formula is C19H24N2O4S2. The molecule has 2 aromatic rings. The number of carbonyl (C=O) groups excluding carboxylic acids is 1. The van der Waals surface area contributed by atoms with Gasteiger partial charge in [0.1, 0.15) is 5.75 Å². The van der Waals surface area contributed by atoms with Gasteiger partial charge in [-0.25, -0.2) is 8.42 Å². The molecule has 27 heavy (non-hydrogen) atoms. The zero-order valence-electron chi connectivity index (χ0n) is 15.6. The van der Waals surface area contributed by atoms with E-state index in [1.165, 1.54) is 6.07 Å². The first-order valence-corrected chi connectivity index (χ1v) is 11.3. The summed E-state index contributed by atoms with van der Waals surface area (Å²) in [5.74, 6) is 0.249. The normalized spacial score (nSPS) is 11.1. The van der Waals surface area contributed by atoms with Crippen molar-refractivity contribution in [2.75, 3.05) is 31.3 Å². The Balaban J connectivity index is 2.43. The number of amides is 1. The fourth-order valence-corrected chi connectivity index (χ4v) is 4.30. The zero-order chi connectivity index (χ0) is 19.9. The summed E-state index contributed by atoms with van der Waals surface area (Å²) in [6, 6.07) is 11.5. The summed E-state index contributed by atoms with van der Waals surface area (Å²) < 4.78 is 31.8. The van der Waals surface area contributed by atoms with E-state index in [4.69, 9.17) is 4.74 Å². The van der Waals surface area contributed by atoms with Crippen LogP contribution in [0.25, 0.3) is 0 Å². The lowest BCUT2D eigenvalue weighted by molar-refractivity contribution is -0.119. The maximum atomic E-state index is 13.2. The average Bonchev–Trinajstić information content (AvgIpc) is 2.67. The van der Waals surface area contributed by atoms with Crippen LogP contribution in [0.1, 0.15) is 13.8 Å². The lowest BCUT2D eigenvalue weighted by Gasteiger charge is -2.15. The monoisotopic (exact) mass is 408 g/mol. The molecule has 2 aromatic carbocycles. The molecule has 0 radical (unpaired) electrons. The zero-order valence-corrected chi connectivity index (χ0v) is 17.2. The Labute approximate surface area is 164 Å². The van der Waals surface area contributed by atoms with Gasteiger partial charge in [0.05, 0.1) is 28.6 Å². The van der Waals surface area contributed by atoms with E-state index in [-0.39, 0.29) is 22.2 Å². The maximum absolute atomic E-state index is 13.2. The summed E-state index contributed by atoms with van der Waals surface area (Å²) in [6.45, 7) is 4.57. The largest absolute Gasteiger partial charge is 0.494 e. The van der Waals surface area contributed by atoms with Crippen LogP contribution >= 0.6 is 11.8 Å². The van der Waals surface area contributed by atoms with Gasteiger partial charge in [-0.1, -0.05) is 0 Å². The van der Waals surface area contributed by atoms with Gasteiger partial charge in [0, 0.05) is 17.5 Å². The molecular weight excluding hydrogens is 384 g/mol. The van der Waals surface area contributed by atoms with Crippen molar-refractivity contribution >= 4 is 33.2 Å². The molecule has 2 rings (SSSR count). The Morgan fingerprint density at radius 3 is 2.41 bits per heavy atom. The highest BCUT2D eigenvalue weighted by molar-refractivity contribution is 7.98. The molecule has 0 saturated carbocycles. The van der Waals surface area contributed by atoms with Gasteiger partial charge < -0.3 is 15.4 Å². The van der Waals surface area contributed by atoms with Crippen molar-refractivity contribution in [3.05, 3.63) is 42.5 Å². The molecule has 0 aliphatic carbocycles. The summed E-state index contributed by atoms with van der Waals surface area (Å²) in [6.07, 6.45) is 1.93. The SMILES string of the molecule is CCNC(=O)CNc1ccc(OCC)cc1S(=O)(=O)c1ccc(SC)cc1. The van der Waals surface area contributed by atoms with E-state index < -0.39 is 9.84 Å². The van der Waals surface area contributed by atoms with Crippen LogP contribution in [0.2, 0.25) is 0 Å². The number of sulfone groups is 1. The molecule has 0 unspecified atom stereocenters. The first kappa shape index (κ1) is 21.1. The van der Waals surface area contributed by atoms with E-state index in [1.54, 1.807) is 48.2 Å². The molecule has 0 aliphatic rings. The van der Waals surface area contributed by atoms with E-state index in [1.807, 2.05) is 20.1 Å². The Hall–Kier alpha value is -2.19. The number of thioether (sulfide) groups is 1. The standard InChI is InChI=1S/C19H24N2O4S2/c1-4-20-19(22)13-21-17-11-6-14(25-5-2)12-18(17)27(23,24)16-9-7-15(26-3)8-10-16/h6-12,21H,4-5,13H2,1-3H3,(H,20,22). The Morgan fingerprint density at radius 1 is 1.11 bits per heavy atom. The molecule has 0 saturated heterocycles. The molecule has 6 nitrogen and oxygen atoms in total. The van der Waals surface area contributed by atoms with Crippen molar-refractivity contribution in [3.63, 3.8) is 0 Å². The highest BCUT2D eigenvalue weighted by Gasteiger charge is 2.23. The summed E-state index contributed by atoms with van der Waals surface area (Å²) in [5, 5.41) is 5.59. The highest BCUT2D eigenvalue weighted by Crippen LogP contribution is 2.32. The molecule has 0 aromatic heterocycles. The summed E-state index contributed by atoms with van der Waals surface area (Å²) in [4.78, 5) is 13.0. The van der Waals surface area contributed by atoms with Crippen LogP contribution in [0.5, 0.6) is 5.75 Å². The summed E-state index contributed by atoms with van der Waals surface area (Å²) in [7, 11) is -3.78. The number of likely N-dealkylation sites (N-methyl/N-ethyl adjacent to an activating group) is 1. The third kappa shape index (κ3) is 5.40. The fourth-order valence-electron chi connectivity index (χ4n) is 2.44. The van der Waals surface area contributed by atoms with Crippen molar-refractivity contribution in [3.8, 4) is 5.75 Å². The summed E-state index contributed by atoms with van der Waals surface area (Å²) >= 11 is 1.54. The smallest absolute Gasteiger partial charge is 0.239 e. The lowest BCUT2D eigenvalue weighted by atomic mass is 10.3. The molecule has 0 atom stereocenters. The number of hydrogen-bond donors (Lipinski definition) is 2. The predicted octanol–water partition coefficient (Wildman–Crippen LogP) is 3.19. The second kappa shape index (κ2) is 9.66. The minimum Gasteiger partial charge on any atom is -0.494 e. The number of nitrogens with one attached hydrogen (secondary N) is 2. The molecule has 1 amide bonds. The number of hydrogen-bond acceptors (Lipinski definition) is 6. The van der Waals surface area contributed by atoms with E-state index in [2.05, 4.69) is 10.6 Å². The van der Waals surface area contributed by atoms with Crippen LogP contribution in [0.15, 0.2) is 57.2 Å². The van der Waals surface area contributed by atoms with Crippen LogP contribution in [0.4, 0.5) is 5.69 Å². The topological polar surface area (TPSA) is 84.5 Å². The van der Waals surface area contributed by atoms with Gasteiger partial charge in [0.15, 0.2) is 0 Å². The Kier molecular flexibility index (Phi) is 7.55. The third-order valence-corrected chi connectivity index (χ3v) is 6.29. The first-order valence-electron chi connectivity index (χ1n) is 8.59. The highest BCUT2D eigenvalue weighted by atomic mass is 32.2. The molecule has 0 fully saturated rings. The van der Waals surface area contributed by atoms with Crippen LogP contribution in [-0.4, -0.2) is 40.3 Å². The van der Waals surface area contributed by atoms with Gasteiger partial charge in [-0.2, -0.15) is 0 Å². The van der Waals surface area contributed by atoms with Crippen molar-refractivity contribution in [1.29, 1.82) is 0 Å². The third-order valence-electron chi connectivity index (χ3n) is 3.74. The molecule has 8 heteroatoms. The summed E-state index contributed by atoms with van der Waals surface area (Å²) in [5.41, 5.74) is 0.360. The van der Waals surface area contributed by atoms with Gasteiger partial charge in [0.25, 0.3) is 0 Å². The number of carbonyl (C=O) groups is 1. The predicted molar refractivity (Wildman–Crippen MR) is 108 cm³/mol. The first-order chi connectivity index (χ1) is 12.9. The van der Waals surface area contributed by atoms with Crippen LogP contribution < -0.4 is 15.4 Å². The number of benzene rings is 2. The fraction of sp³-hybridized carbons (Fsp3) is 0.316. The van der Waals surface area contributed by atoms with Gasteiger partial charge in [-0.05, 0) is 56.5 Å². The molecule has 0 spiro atoms. The van der Waals surface area contributed by atoms with Crippen LogP contribution in [0.3, 0.4) is 0 Å². The van der Waals surface area contributed by atoms with Gasteiger partial charge in [-0.3, -0.25) is 4.79 Å². The second-order valence-corrected chi connectivity index (χ2v) is 8.37. The van der Waals surface area contributed by atoms with Gasteiger partial charge in [-0.15, -0.1) is 11.8 Å². The van der Waals surface area contributed by atoms with E-state index in [9.17, 15) is 13.2 Å². The quantitative estimate of drug-likeness (QED) is 0.620. The van der Waals surface area contributed by atoms with Crippen molar-refractivity contribution < 1.29 is 17.9 Å². The average molecular weight is 409 g/mol. The maximum Gasteiger partial charge on any atom is 0.239 e. The number of ether oxygens (including phenoxy) is 1. The van der Waals surface area contributed by atoms with E-state index >= 15 is 0 Å². The second-order valence-electron chi connectivity index (χ2n) is 5.58. The molecule has 0 aliphatic heterocycles. The van der Waals surface area contributed by atoms with Crippen LogP contribution in [0, 0.1) is 0 Å².